The molecule has 1 atom stereocenters. The van der Waals surface area contributed by atoms with Crippen LogP contribution in [0, 0.1) is 6.92 Å². The van der Waals surface area contributed by atoms with E-state index in [-0.39, 0.29) is 11.5 Å². The molecule has 0 spiro atoms. The molecule has 0 bridgehead atoms. The van der Waals surface area contributed by atoms with Gasteiger partial charge >= 0.3 is 5.97 Å². The van der Waals surface area contributed by atoms with Crippen LogP contribution >= 0.6 is 0 Å². The van der Waals surface area contributed by atoms with E-state index in [1.165, 1.54) is 41.1 Å². The molecule has 1 aliphatic heterocycles. The topological polar surface area (TPSA) is 38.8 Å². The fourth-order valence-electron chi connectivity index (χ4n) is 4.55. The van der Waals surface area contributed by atoms with Crippen LogP contribution in [0.4, 0.5) is 5.69 Å². The molecule has 32 heavy (non-hydrogen) atoms. The maximum atomic E-state index is 11.4. The average Bonchev–Trinajstić information content (AvgIpc) is 2.83. The van der Waals surface area contributed by atoms with Gasteiger partial charge in [0.2, 0.25) is 0 Å². The van der Waals surface area contributed by atoms with Crippen molar-refractivity contribution in [2.75, 3.05) is 25.7 Å². The summed E-state index contributed by atoms with van der Waals surface area (Å²) >= 11 is 0. The number of carbonyl (C=O) groups is 1. The first-order valence-corrected chi connectivity index (χ1v) is 10.8. The molecular formula is C28H29NO3. The van der Waals surface area contributed by atoms with Gasteiger partial charge in [0.15, 0.2) is 0 Å². The maximum absolute atomic E-state index is 11.4. The van der Waals surface area contributed by atoms with Gasteiger partial charge in [-0.1, -0.05) is 48.0 Å². The van der Waals surface area contributed by atoms with Crippen molar-refractivity contribution in [1.82, 2.24) is 0 Å². The Morgan fingerprint density at radius 2 is 1.72 bits per heavy atom. The molecule has 0 aromatic heterocycles. The summed E-state index contributed by atoms with van der Waals surface area (Å²) in [6.45, 7) is 5.31. The fourth-order valence-corrected chi connectivity index (χ4v) is 4.55. The van der Waals surface area contributed by atoms with E-state index in [4.69, 9.17) is 9.47 Å². The molecule has 0 fully saturated rings. The van der Waals surface area contributed by atoms with Gasteiger partial charge in [-0.05, 0) is 72.9 Å². The summed E-state index contributed by atoms with van der Waals surface area (Å²) in [5.74, 6) is 0.528. The van der Waals surface area contributed by atoms with E-state index in [0.29, 0.717) is 0 Å². The first-order chi connectivity index (χ1) is 15.5. The van der Waals surface area contributed by atoms with Crippen LogP contribution < -0.4 is 9.64 Å². The largest absolute Gasteiger partial charge is 0.497 e. The summed E-state index contributed by atoms with van der Waals surface area (Å²) in [6.07, 6.45) is 4.17. The van der Waals surface area contributed by atoms with Crippen LogP contribution in [-0.4, -0.2) is 26.7 Å². The Kier molecular flexibility index (Phi) is 6.04. The third-order valence-electron chi connectivity index (χ3n) is 6.41. The molecular weight excluding hydrogens is 398 g/mol. The summed E-state index contributed by atoms with van der Waals surface area (Å²) in [4.78, 5) is 13.9. The van der Waals surface area contributed by atoms with Gasteiger partial charge in [0.1, 0.15) is 5.75 Å². The number of esters is 1. The monoisotopic (exact) mass is 427 g/mol. The number of rotatable bonds is 5. The number of nitrogens with zero attached hydrogens (tertiary/aromatic N) is 1. The standard InChI is InChI=1S/C28H29NO3/c1-20-5-12-24(13-6-20)29-18-17-22-19-25(31-3)14-15-26(22)28(29,2)23-10-7-21(8-11-23)9-16-27(30)32-4/h5-16,19H,17-18H2,1-4H3/b16-9+. The van der Waals surface area contributed by atoms with Crippen LogP contribution in [0.1, 0.15) is 34.7 Å². The Hall–Kier alpha value is -3.53. The van der Waals surface area contributed by atoms with Gasteiger partial charge in [-0.15, -0.1) is 0 Å². The SMILES string of the molecule is COC(=O)/C=C/c1ccc(C2(C)c3ccc(OC)cc3CCN2c2ccc(C)cc2)cc1. The minimum atomic E-state index is -0.360. The zero-order valence-corrected chi connectivity index (χ0v) is 19.1. The second kappa shape index (κ2) is 8.91. The number of methoxy groups -OCH3 is 2. The van der Waals surface area contributed by atoms with Crippen LogP contribution in [0.2, 0.25) is 0 Å². The molecule has 4 nitrogen and oxygen atoms in total. The van der Waals surface area contributed by atoms with Gasteiger partial charge in [-0.3, -0.25) is 0 Å². The third kappa shape index (κ3) is 4.01. The Balaban J connectivity index is 1.80. The van der Waals surface area contributed by atoms with Gasteiger partial charge in [0, 0.05) is 18.3 Å². The van der Waals surface area contributed by atoms with Crippen molar-refractivity contribution in [3.05, 3.63) is 101 Å². The van der Waals surface area contributed by atoms with Crippen molar-refractivity contribution >= 4 is 17.7 Å². The van der Waals surface area contributed by atoms with Gasteiger partial charge in [0.25, 0.3) is 0 Å². The predicted octanol–water partition coefficient (Wildman–Crippen LogP) is 5.52. The van der Waals surface area contributed by atoms with Crippen molar-refractivity contribution in [3.63, 3.8) is 0 Å². The second-order valence-corrected chi connectivity index (χ2v) is 8.31. The van der Waals surface area contributed by atoms with Crippen molar-refractivity contribution in [2.24, 2.45) is 0 Å². The molecule has 0 N–H and O–H groups in total. The van der Waals surface area contributed by atoms with E-state index >= 15 is 0 Å². The Morgan fingerprint density at radius 3 is 2.38 bits per heavy atom. The zero-order valence-electron chi connectivity index (χ0n) is 19.1. The smallest absolute Gasteiger partial charge is 0.330 e. The summed E-state index contributed by atoms with van der Waals surface area (Å²) < 4.78 is 10.2. The number of carbonyl (C=O) groups excluding carboxylic acids is 1. The first-order valence-electron chi connectivity index (χ1n) is 10.8. The fraction of sp³-hybridized carbons (Fsp3) is 0.250. The molecule has 164 valence electrons. The molecule has 3 aromatic carbocycles. The first kappa shape index (κ1) is 21.7. The number of ether oxygens (including phenoxy) is 2. The van der Waals surface area contributed by atoms with Crippen molar-refractivity contribution in [3.8, 4) is 5.75 Å². The summed E-state index contributed by atoms with van der Waals surface area (Å²) in [7, 11) is 3.09. The number of fused-ring (bicyclic) bond motifs is 1. The summed E-state index contributed by atoms with van der Waals surface area (Å²) in [5, 5.41) is 0. The molecule has 1 heterocycles. The molecule has 4 rings (SSSR count). The van der Waals surface area contributed by atoms with Crippen LogP contribution in [0.3, 0.4) is 0 Å². The molecule has 1 unspecified atom stereocenters. The summed E-state index contributed by atoms with van der Waals surface area (Å²) in [5.41, 5.74) is 6.84. The Morgan fingerprint density at radius 1 is 1.00 bits per heavy atom. The molecule has 0 saturated heterocycles. The van der Waals surface area contributed by atoms with E-state index in [1.807, 2.05) is 18.2 Å². The quantitative estimate of drug-likeness (QED) is 0.397. The highest BCUT2D eigenvalue weighted by molar-refractivity contribution is 5.86. The number of hydrogen-bond donors (Lipinski definition) is 0. The lowest BCUT2D eigenvalue weighted by atomic mass is 9.76. The summed E-state index contributed by atoms with van der Waals surface area (Å²) in [6, 6.07) is 23.5. The second-order valence-electron chi connectivity index (χ2n) is 8.31. The highest BCUT2D eigenvalue weighted by atomic mass is 16.5. The number of benzene rings is 3. The molecule has 0 aliphatic carbocycles. The van der Waals surface area contributed by atoms with Crippen molar-refractivity contribution in [1.29, 1.82) is 0 Å². The lowest BCUT2D eigenvalue weighted by Gasteiger charge is -2.48. The van der Waals surface area contributed by atoms with Crippen molar-refractivity contribution < 1.29 is 14.3 Å². The van der Waals surface area contributed by atoms with Gasteiger partial charge in [-0.25, -0.2) is 4.79 Å². The van der Waals surface area contributed by atoms with Gasteiger partial charge in [-0.2, -0.15) is 0 Å². The van der Waals surface area contributed by atoms with E-state index < -0.39 is 0 Å². The predicted molar refractivity (Wildman–Crippen MR) is 129 cm³/mol. The molecule has 0 saturated carbocycles. The van der Waals surface area contributed by atoms with E-state index in [0.717, 1.165) is 24.3 Å². The molecule has 0 amide bonds. The zero-order chi connectivity index (χ0) is 22.7. The van der Waals surface area contributed by atoms with E-state index in [2.05, 4.69) is 67.3 Å². The number of hydrogen-bond acceptors (Lipinski definition) is 4. The molecule has 3 aromatic rings. The maximum Gasteiger partial charge on any atom is 0.330 e. The highest BCUT2D eigenvalue weighted by Crippen LogP contribution is 2.44. The average molecular weight is 428 g/mol. The lowest BCUT2D eigenvalue weighted by molar-refractivity contribution is -0.134. The van der Waals surface area contributed by atoms with Crippen LogP contribution in [-0.2, 0) is 21.5 Å². The van der Waals surface area contributed by atoms with Gasteiger partial charge in [0.05, 0.1) is 19.8 Å². The van der Waals surface area contributed by atoms with Crippen LogP contribution in [0.15, 0.2) is 72.8 Å². The molecule has 0 radical (unpaired) electrons. The normalized spacial score (nSPS) is 17.8. The van der Waals surface area contributed by atoms with Crippen LogP contribution in [0.5, 0.6) is 5.75 Å². The van der Waals surface area contributed by atoms with Gasteiger partial charge < -0.3 is 14.4 Å². The third-order valence-corrected chi connectivity index (χ3v) is 6.41. The Bertz CT molecular complexity index is 1130. The number of anilines is 1. The molecule has 1 aliphatic rings. The van der Waals surface area contributed by atoms with E-state index in [1.54, 1.807) is 13.2 Å². The molecule has 4 heteroatoms. The van der Waals surface area contributed by atoms with Crippen LogP contribution in [0.25, 0.3) is 6.08 Å². The minimum Gasteiger partial charge on any atom is -0.497 e. The highest BCUT2D eigenvalue weighted by Gasteiger charge is 2.40. The lowest BCUT2D eigenvalue weighted by Crippen LogP contribution is -2.49. The Labute approximate surface area is 190 Å². The number of aryl methyl sites for hydroxylation is 1. The van der Waals surface area contributed by atoms with Crippen molar-refractivity contribution in [2.45, 2.75) is 25.8 Å². The minimum absolute atomic E-state index is 0.348. The van der Waals surface area contributed by atoms with E-state index in [9.17, 15) is 4.79 Å².